The molecule has 1 aromatic carbocycles. The van der Waals surface area contributed by atoms with Gasteiger partial charge in [-0.2, -0.15) is 5.10 Å². The van der Waals surface area contributed by atoms with E-state index >= 15 is 0 Å². The number of aryl methyl sites for hydroxylation is 2. The van der Waals surface area contributed by atoms with Crippen LogP contribution in [0.2, 0.25) is 0 Å². The van der Waals surface area contributed by atoms with Gasteiger partial charge in [0.2, 0.25) is 0 Å². The number of sulfonamides is 1. The summed E-state index contributed by atoms with van der Waals surface area (Å²) in [6.45, 7) is 5.19. The van der Waals surface area contributed by atoms with Crippen molar-refractivity contribution in [3.63, 3.8) is 0 Å². The average Bonchev–Trinajstić information content (AvgIpc) is 2.69. The van der Waals surface area contributed by atoms with Crippen molar-refractivity contribution in [1.29, 1.82) is 0 Å². The van der Waals surface area contributed by atoms with Crippen LogP contribution in [0.3, 0.4) is 0 Å². The first-order valence-electron chi connectivity index (χ1n) is 5.71. The Kier molecular flexibility index (Phi) is 3.23. The van der Waals surface area contributed by atoms with Crippen LogP contribution in [0.1, 0.15) is 16.7 Å². The highest BCUT2D eigenvalue weighted by molar-refractivity contribution is 7.92. The molecule has 7 heteroatoms. The van der Waals surface area contributed by atoms with Gasteiger partial charge in [-0.1, -0.05) is 6.07 Å². The number of anilines is 2. The van der Waals surface area contributed by atoms with Crippen molar-refractivity contribution in [2.75, 3.05) is 10.5 Å². The van der Waals surface area contributed by atoms with Gasteiger partial charge in [-0.3, -0.25) is 9.82 Å². The summed E-state index contributed by atoms with van der Waals surface area (Å²) in [6, 6.07) is 3.39. The highest BCUT2D eigenvalue weighted by Crippen LogP contribution is 2.26. The zero-order valence-electron chi connectivity index (χ0n) is 11.0. The highest BCUT2D eigenvalue weighted by atomic mass is 32.2. The minimum Gasteiger partial charge on any atom is -0.398 e. The number of rotatable bonds is 3. The van der Waals surface area contributed by atoms with E-state index in [1.165, 1.54) is 0 Å². The first-order valence-corrected chi connectivity index (χ1v) is 7.19. The number of H-pyrrole nitrogens is 1. The Balaban J connectivity index is 2.52. The van der Waals surface area contributed by atoms with E-state index in [-0.39, 0.29) is 4.90 Å². The van der Waals surface area contributed by atoms with Crippen molar-refractivity contribution in [3.8, 4) is 0 Å². The van der Waals surface area contributed by atoms with Gasteiger partial charge in [-0.25, -0.2) is 8.42 Å². The fourth-order valence-electron chi connectivity index (χ4n) is 1.89. The Morgan fingerprint density at radius 2 is 1.89 bits per heavy atom. The molecule has 0 spiro atoms. The molecule has 102 valence electrons. The maximum absolute atomic E-state index is 12.4. The summed E-state index contributed by atoms with van der Waals surface area (Å²) in [5.41, 5.74) is 8.15. The Morgan fingerprint density at radius 1 is 1.21 bits per heavy atom. The number of nitrogen functional groups attached to an aromatic ring is 1. The van der Waals surface area contributed by atoms with Crippen LogP contribution in [0, 0.1) is 20.8 Å². The second-order valence-electron chi connectivity index (χ2n) is 4.46. The molecule has 0 saturated heterocycles. The van der Waals surface area contributed by atoms with Gasteiger partial charge in [0.1, 0.15) is 5.82 Å². The molecule has 1 aromatic heterocycles. The second-order valence-corrected chi connectivity index (χ2v) is 6.08. The number of nitrogens with two attached hydrogens (primary N) is 1. The lowest BCUT2D eigenvalue weighted by atomic mass is 10.1. The zero-order chi connectivity index (χ0) is 14.2. The van der Waals surface area contributed by atoms with Gasteiger partial charge in [0.15, 0.2) is 0 Å². The molecular formula is C12H16N4O2S. The lowest BCUT2D eigenvalue weighted by Gasteiger charge is -2.13. The highest BCUT2D eigenvalue weighted by Gasteiger charge is 2.22. The molecule has 0 atom stereocenters. The molecule has 19 heavy (non-hydrogen) atoms. The number of aromatic amines is 1. The summed E-state index contributed by atoms with van der Waals surface area (Å²) in [5.74, 6) is 0.362. The number of benzene rings is 1. The van der Waals surface area contributed by atoms with Crippen LogP contribution in [0.4, 0.5) is 11.5 Å². The third-order valence-electron chi connectivity index (χ3n) is 2.98. The summed E-state index contributed by atoms with van der Waals surface area (Å²) >= 11 is 0. The largest absolute Gasteiger partial charge is 0.398 e. The predicted octanol–water partition coefficient (Wildman–Crippen LogP) is 1.72. The lowest BCUT2D eigenvalue weighted by Crippen LogP contribution is -2.17. The number of nitrogens with one attached hydrogen (secondary N) is 2. The van der Waals surface area contributed by atoms with E-state index in [1.807, 2.05) is 0 Å². The summed E-state index contributed by atoms with van der Waals surface area (Å²) < 4.78 is 27.4. The van der Waals surface area contributed by atoms with E-state index in [4.69, 9.17) is 5.73 Å². The maximum atomic E-state index is 12.4. The molecule has 0 radical (unpaired) electrons. The van der Waals surface area contributed by atoms with Crippen LogP contribution in [0.5, 0.6) is 0 Å². The first-order chi connectivity index (χ1) is 8.83. The number of aromatic nitrogens is 2. The van der Waals surface area contributed by atoms with Crippen molar-refractivity contribution in [3.05, 3.63) is 35.0 Å². The van der Waals surface area contributed by atoms with Gasteiger partial charge in [0.25, 0.3) is 10.0 Å². The van der Waals surface area contributed by atoms with Crippen LogP contribution >= 0.6 is 0 Å². The third kappa shape index (κ3) is 2.41. The topological polar surface area (TPSA) is 101 Å². The van der Waals surface area contributed by atoms with Crippen LogP contribution in [0.25, 0.3) is 0 Å². The Hall–Kier alpha value is -2.02. The fraction of sp³-hybridized carbons (Fsp3) is 0.250. The maximum Gasteiger partial charge on any atom is 0.263 e. The van der Waals surface area contributed by atoms with Gasteiger partial charge >= 0.3 is 0 Å². The summed E-state index contributed by atoms with van der Waals surface area (Å²) in [6.07, 6.45) is 1.55. The van der Waals surface area contributed by atoms with Crippen molar-refractivity contribution < 1.29 is 8.42 Å². The Bertz CT molecular complexity index is 719. The van der Waals surface area contributed by atoms with E-state index in [0.29, 0.717) is 22.6 Å². The van der Waals surface area contributed by atoms with E-state index < -0.39 is 10.0 Å². The normalized spacial score (nSPS) is 11.5. The minimum absolute atomic E-state index is 0.210. The van der Waals surface area contributed by atoms with Crippen molar-refractivity contribution in [1.82, 2.24) is 10.2 Å². The second kappa shape index (κ2) is 4.58. The van der Waals surface area contributed by atoms with E-state index in [2.05, 4.69) is 14.9 Å². The smallest absolute Gasteiger partial charge is 0.263 e. The zero-order valence-corrected chi connectivity index (χ0v) is 11.8. The summed E-state index contributed by atoms with van der Waals surface area (Å²) in [4.78, 5) is 0.210. The summed E-state index contributed by atoms with van der Waals surface area (Å²) in [7, 11) is -3.69. The van der Waals surface area contributed by atoms with Crippen molar-refractivity contribution in [2.45, 2.75) is 25.7 Å². The van der Waals surface area contributed by atoms with E-state index in [0.717, 1.165) is 5.56 Å². The van der Waals surface area contributed by atoms with Crippen LogP contribution in [0.15, 0.2) is 23.2 Å². The van der Waals surface area contributed by atoms with E-state index in [1.54, 1.807) is 39.1 Å². The molecule has 0 saturated carbocycles. The molecule has 0 aliphatic heterocycles. The van der Waals surface area contributed by atoms with Crippen LogP contribution in [-0.4, -0.2) is 18.6 Å². The van der Waals surface area contributed by atoms with Gasteiger partial charge in [-0.15, -0.1) is 0 Å². The van der Waals surface area contributed by atoms with Crippen LogP contribution < -0.4 is 10.5 Å². The number of hydrogen-bond donors (Lipinski definition) is 3. The fourth-order valence-corrected chi connectivity index (χ4v) is 3.48. The SMILES string of the molecule is Cc1cn[nH]c1NS(=O)(=O)c1c(C)ccc(N)c1C. The molecule has 0 aliphatic rings. The molecule has 0 unspecified atom stereocenters. The molecule has 1 heterocycles. The lowest BCUT2D eigenvalue weighted by molar-refractivity contribution is 0.600. The summed E-state index contributed by atoms with van der Waals surface area (Å²) in [5, 5.41) is 6.40. The molecule has 0 bridgehead atoms. The average molecular weight is 280 g/mol. The van der Waals surface area contributed by atoms with Gasteiger partial charge < -0.3 is 5.73 Å². The van der Waals surface area contributed by atoms with Crippen molar-refractivity contribution >= 4 is 21.5 Å². The van der Waals surface area contributed by atoms with Crippen LogP contribution in [-0.2, 0) is 10.0 Å². The molecule has 0 amide bonds. The quantitative estimate of drug-likeness (QED) is 0.745. The number of hydrogen-bond acceptors (Lipinski definition) is 4. The van der Waals surface area contributed by atoms with Gasteiger partial charge in [-0.05, 0) is 38.0 Å². The third-order valence-corrected chi connectivity index (χ3v) is 4.62. The predicted molar refractivity (Wildman–Crippen MR) is 74.5 cm³/mol. The van der Waals surface area contributed by atoms with Gasteiger partial charge in [0, 0.05) is 11.3 Å². The molecular weight excluding hydrogens is 264 g/mol. The molecule has 0 aliphatic carbocycles. The molecule has 2 aromatic rings. The van der Waals surface area contributed by atoms with E-state index in [9.17, 15) is 8.42 Å². The first kappa shape index (κ1) is 13.4. The standard InChI is InChI=1S/C12H16N4O2S/c1-7-4-5-10(13)9(3)11(7)19(17,18)16-12-8(2)6-14-15-12/h4-6H,13H2,1-3H3,(H2,14,15,16). The molecule has 2 rings (SSSR count). The number of nitrogens with zero attached hydrogens (tertiary/aromatic N) is 1. The Labute approximate surface area is 112 Å². The van der Waals surface area contributed by atoms with Gasteiger partial charge in [0.05, 0.1) is 11.1 Å². The Morgan fingerprint density at radius 3 is 2.47 bits per heavy atom. The molecule has 6 nitrogen and oxygen atoms in total. The monoisotopic (exact) mass is 280 g/mol. The molecule has 0 fully saturated rings. The minimum atomic E-state index is -3.69. The molecule has 4 N–H and O–H groups in total. The van der Waals surface area contributed by atoms with Crippen molar-refractivity contribution in [2.24, 2.45) is 0 Å².